The number of hydrogen-bond acceptors (Lipinski definition) is 4. The average molecular weight is 314 g/mol. The zero-order valence-electron chi connectivity index (χ0n) is 13.4. The Hall–Kier alpha value is -2.08. The largest absolute Gasteiger partial charge is 0.472 e. The highest BCUT2D eigenvalue weighted by atomic mass is 16.3. The molecule has 3 aliphatic rings. The fourth-order valence-corrected chi connectivity index (χ4v) is 3.87. The van der Waals surface area contributed by atoms with Gasteiger partial charge < -0.3 is 14.3 Å². The molecule has 0 aliphatic carbocycles. The number of imidazole rings is 1. The van der Waals surface area contributed by atoms with E-state index in [1.807, 2.05) is 0 Å². The molecule has 0 radical (unpaired) electrons. The predicted octanol–water partition coefficient (Wildman–Crippen LogP) is 2.05. The van der Waals surface area contributed by atoms with Crippen molar-refractivity contribution in [1.82, 2.24) is 19.8 Å². The molecule has 122 valence electrons. The summed E-state index contributed by atoms with van der Waals surface area (Å²) in [5, 5.41) is 0. The molecule has 0 saturated carbocycles. The zero-order valence-corrected chi connectivity index (χ0v) is 13.4. The van der Waals surface area contributed by atoms with Crippen LogP contribution in [0.5, 0.6) is 0 Å². The summed E-state index contributed by atoms with van der Waals surface area (Å²) in [6.07, 6.45) is 7.16. The van der Waals surface area contributed by atoms with Crippen molar-refractivity contribution in [1.29, 1.82) is 0 Å². The van der Waals surface area contributed by atoms with Crippen LogP contribution in [-0.4, -0.2) is 51.4 Å². The predicted molar refractivity (Wildman–Crippen MR) is 84.9 cm³/mol. The van der Waals surface area contributed by atoms with Gasteiger partial charge in [0.2, 0.25) is 0 Å². The van der Waals surface area contributed by atoms with Crippen molar-refractivity contribution in [3.05, 3.63) is 41.9 Å². The molecule has 3 saturated heterocycles. The van der Waals surface area contributed by atoms with Crippen LogP contribution in [-0.2, 0) is 6.54 Å². The highest BCUT2D eigenvalue weighted by molar-refractivity contribution is 5.94. The van der Waals surface area contributed by atoms with Gasteiger partial charge in [0, 0.05) is 37.9 Å². The summed E-state index contributed by atoms with van der Waals surface area (Å²) in [5.41, 5.74) is 2.90. The number of amides is 1. The Morgan fingerprint density at radius 3 is 3.04 bits per heavy atom. The smallest absolute Gasteiger partial charge is 0.257 e. The first kappa shape index (κ1) is 14.5. The summed E-state index contributed by atoms with van der Waals surface area (Å²) in [4.78, 5) is 24.8. The molecule has 5 rings (SSSR count). The number of nitrogens with zero attached hydrogens (tertiary/aromatic N) is 3. The third-order valence-corrected chi connectivity index (χ3v) is 5.13. The standard InChI is InChI=1S/C17H22N4O2/c1-12-16(19-11-18-12)9-20-6-13-2-3-15(8-20)21(7-13)17(22)14-4-5-23-10-14/h4-5,10-11,13,15H,2-3,6-9H2,1H3,(H,18,19)/t13-,15+/m1/s1. The number of carbonyl (C=O) groups is 1. The van der Waals surface area contributed by atoms with Crippen molar-refractivity contribution in [2.45, 2.75) is 32.4 Å². The fraction of sp³-hybridized carbons (Fsp3) is 0.529. The lowest BCUT2D eigenvalue weighted by Gasteiger charge is -2.36. The van der Waals surface area contributed by atoms with Gasteiger partial charge in [0.15, 0.2) is 0 Å². The molecule has 6 nitrogen and oxygen atoms in total. The van der Waals surface area contributed by atoms with E-state index >= 15 is 0 Å². The molecule has 1 amide bonds. The second-order valence-electron chi connectivity index (χ2n) is 6.74. The molecule has 6 heteroatoms. The summed E-state index contributed by atoms with van der Waals surface area (Å²) in [5.74, 6) is 0.648. The molecule has 3 fully saturated rings. The molecular formula is C17H22N4O2. The van der Waals surface area contributed by atoms with E-state index < -0.39 is 0 Å². The Balaban J connectivity index is 1.50. The molecule has 1 N–H and O–H groups in total. The molecule has 2 bridgehead atoms. The minimum Gasteiger partial charge on any atom is -0.472 e. The number of hydrogen-bond donors (Lipinski definition) is 1. The van der Waals surface area contributed by atoms with Crippen LogP contribution in [0, 0.1) is 12.8 Å². The van der Waals surface area contributed by atoms with Crippen molar-refractivity contribution in [2.75, 3.05) is 19.6 Å². The van der Waals surface area contributed by atoms with Gasteiger partial charge in [-0.2, -0.15) is 0 Å². The highest BCUT2D eigenvalue weighted by Gasteiger charge is 2.37. The van der Waals surface area contributed by atoms with Crippen molar-refractivity contribution >= 4 is 5.91 Å². The highest BCUT2D eigenvalue weighted by Crippen LogP contribution is 2.30. The van der Waals surface area contributed by atoms with Gasteiger partial charge in [-0.25, -0.2) is 4.98 Å². The summed E-state index contributed by atoms with van der Waals surface area (Å²) in [7, 11) is 0. The molecule has 23 heavy (non-hydrogen) atoms. The van der Waals surface area contributed by atoms with Crippen LogP contribution in [0.1, 0.15) is 34.6 Å². The Bertz CT molecular complexity index is 679. The Morgan fingerprint density at radius 1 is 1.39 bits per heavy atom. The maximum Gasteiger partial charge on any atom is 0.257 e. The monoisotopic (exact) mass is 314 g/mol. The SMILES string of the molecule is Cc1[nH]cnc1CN1C[C@H]2CC[C@@H](C1)N(C(=O)c1ccoc1)C2. The molecule has 5 heterocycles. The third-order valence-electron chi connectivity index (χ3n) is 5.13. The van der Waals surface area contributed by atoms with Crippen molar-refractivity contribution in [3.8, 4) is 0 Å². The van der Waals surface area contributed by atoms with E-state index in [1.54, 1.807) is 24.9 Å². The van der Waals surface area contributed by atoms with Gasteiger partial charge in [-0.1, -0.05) is 0 Å². The van der Waals surface area contributed by atoms with Crippen LogP contribution < -0.4 is 0 Å². The maximum absolute atomic E-state index is 12.7. The van der Waals surface area contributed by atoms with E-state index in [2.05, 4.69) is 26.7 Å². The lowest BCUT2D eigenvalue weighted by molar-refractivity contribution is 0.0584. The van der Waals surface area contributed by atoms with Gasteiger partial charge in [-0.05, 0) is 31.7 Å². The van der Waals surface area contributed by atoms with Crippen LogP contribution in [0.15, 0.2) is 29.3 Å². The minimum absolute atomic E-state index is 0.103. The van der Waals surface area contributed by atoms with Crippen LogP contribution in [0.2, 0.25) is 0 Å². The van der Waals surface area contributed by atoms with Crippen LogP contribution in [0.25, 0.3) is 0 Å². The number of aromatic amines is 1. The maximum atomic E-state index is 12.7. The Morgan fingerprint density at radius 2 is 2.30 bits per heavy atom. The van der Waals surface area contributed by atoms with Crippen molar-refractivity contribution in [2.24, 2.45) is 5.92 Å². The number of furan rings is 1. The van der Waals surface area contributed by atoms with Crippen LogP contribution >= 0.6 is 0 Å². The average Bonchev–Trinajstić information content (AvgIpc) is 3.13. The van der Waals surface area contributed by atoms with Crippen LogP contribution in [0.3, 0.4) is 0 Å². The summed E-state index contributed by atoms with van der Waals surface area (Å²) < 4.78 is 5.07. The number of H-pyrrole nitrogens is 1. The first-order chi connectivity index (χ1) is 11.2. The normalized spacial score (nSPS) is 24.8. The molecule has 2 aromatic heterocycles. The molecule has 3 aliphatic heterocycles. The van der Waals surface area contributed by atoms with E-state index in [0.29, 0.717) is 11.5 Å². The topological polar surface area (TPSA) is 65.4 Å². The molecule has 0 aromatic carbocycles. The first-order valence-corrected chi connectivity index (χ1v) is 8.25. The molecule has 0 spiro atoms. The van der Waals surface area contributed by atoms with Gasteiger partial charge in [0.05, 0.1) is 23.8 Å². The van der Waals surface area contributed by atoms with E-state index in [-0.39, 0.29) is 11.9 Å². The minimum atomic E-state index is 0.103. The molecule has 2 aromatic rings. The second kappa shape index (κ2) is 5.85. The van der Waals surface area contributed by atoms with Gasteiger partial charge in [0.1, 0.15) is 6.26 Å². The molecular weight excluding hydrogens is 292 g/mol. The summed E-state index contributed by atoms with van der Waals surface area (Å²) in [6, 6.07) is 2.04. The summed E-state index contributed by atoms with van der Waals surface area (Å²) in [6.45, 7) is 5.73. The lowest BCUT2D eigenvalue weighted by atomic mass is 9.94. The fourth-order valence-electron chi connectivity index (χ4n) is 3.87. The third kappa shape index (κ3) is 2.79. The van der Waals surface area contributed by atoms with Gasteiger partial charge in [-0.15, -0.1) is 0 Å². The number of aryl methyl sites for hydroxylation is 1. The van der Waals surface area contributed by atoms with Crippen LogP contribution in [0.4, 0.5) is 0 Å². The second-order valence-corrected chi connectivity index (χ2v) is 6.74. The molecule has 0 unspecified atom stereocenters. The number of carbonyl (C=O) groups excluding carboxylic acids is 1. The summed E-state index contributed by atoms with van der Waals surface area (Å²) >= 11 is 0. The van der Waals surface area contributed by atoms with E-state index in [9.17, 15) is 4.79 Å². The number of rotatable bonds is 3. The van der Waals surface area contributed by atoms with Crippen molar-refractivity contribution in [3.63, 3.8) is 0 Å². The number of fused-ring (bicyclic) bond motifs is 4. The number of piperidine rings is 1. The van der Waals surface area contributed by atoms with E-state index in [0.717, 1.165) is 44.0 Å². The number of nitrogens with one attached hydrogen (secondary N) is 1. The lowest BCUT2D eigenvalue weighted by Crippen LogP contribution is -2.47. The van der Waals surface area contributed by atoms with Gasteiger partial charge in [-0.3, -0.25) is 9.69 Å². The Kier molecular flexibility index (Phi) is 3.69. The van der Waals surface area contributed by atoms with Gasteiger partial charge in [0.25, 0.3) is 5.91 Å². The van der Waals surface area contributed by atoms with E-state index in [1.165, 1.54) is 6.42 Å². The van der Waals surface area contributed by atoms with E-state index in [4.69, 9.17) is 4.42 Å². The Labute approximate surface area is 135 Å². The molecule has 2 atom stereocenters. The van der Waals surface area contributed by atoms with Gasteiger partial charge >= 0.3 is 0 Å². The van der Waals surface area contributed by atoms with Crippen molar-refractivity contribution < 1.29 is 9.21 Å². The first-order valence-electron chi connectivity index (χ1n) is 8.25. The number of aromatic nitrogens is 2. The zero-order chi connectivity index (χ0) is 15.8. The quantitative estimate of drug-likeness (QED) is 0.941.